The quantitative estimate of drug-likeness (QED) is 0.282. The molecule has 1 amide bonds. The van der Waals surface area contributed by atoms with E-state index in [0.29, 0.717) is 6.42 Å². The lowest BCUT2D eigenvalue weighted by atomic mass is 9.69. The smallest absolute Gasteiger partial charge is 0.265 e. The Hall–Kier alpha value is -3.06. The van der Waals surface area contributed by atoms with Crippen molar-refractivity contribution in [2.45, 2.75) is 54.5 Å². The number of carbonyl (C=O) groups excluding carboxylic acids is 1. The third-order valence-electron chi connectivity index (χ3n) is 8.57. The van der Waals surface area contributed by atoms with Crippen molar-refractivity contribution in [1.82, 2.24) is 4.98 Å². The highest BCUT2D eigenvalue weighted by molar-refractivity contribution is 7.92. The topological polar surface area (TPSA) is 117 Å². The standard InChI is InChI=1S/C29H27ClF4N2O5S/c1-14-9-16-11-18(13-20(14)29(16,39)26(37)25-19(27(33)34)3-2-8-35-25)42(40,41)24-10-15(4-6-21(24)30)28(38)36-17-5-7-22(31)23(32)12-17/h2-8,10,12,14,16,18,20,26-27,37,39H,9,11,13H2,1H3,(H,36,38)/t14-,16?,18?,20?,26?,29+/m0/s1. The summed E-state index contributed by atoms with van der Waals surface area (Å²) >= 11 is 6.28. The minimum Gasteiger partial charge on any atom is -0.386 e. The molecule has 0 aliphatic heterocycles. The van der Waals surface area contributed by atoms with E-state index in [1.807, 2.05) is 0 Å². The maximum Gasteiger partial charge on any atom is 0.265 e. The van der Waals surface area contributed by atoms with Gasteiger partial charge in [-0.15, -0.1) is 0 Å². The first-order valence-electron chi connectivity index (χ1n) is 13.2. The van der Waals surface area contributed by atoms with Crippen molar-refractivity contribution in [3.05, 3.63) is 88.2 Å². The number of nitrogens with zero attached hydrogens (tertiary/aromatic N) is 1. The number of aromatic nitrogens is 1. The summed E-state index contributed by atoms with van der Waals surface area (Å²) < 4.78 is 81.9. The minimum absolute atomic E-state index is 0.0446. The van der Waals surface area contributed by atoms with Crippen LogP contribution in [0.15, 0.2) is 59.6 Å². The summed E-state index contributed by atoms with van der Waals surface area (Å²) in [7, 11) is -4.20. The average molecular weight is 627 g/mol. The van der Waals surface area contributed by atoms with E-state index in [1.165, 1.54) is 24.4 Å². The molecule has 0 spiro atoms. The van der Waals surface area contributed by atoms with E-state index in [2.05, 4.69) is 10.3 Å². The fraction of sp³-hybridized carbons (Fsp3) is 0.379. The van der Waals surface area contributed by atoms with E-state index in [9.17, 15) is 41.0 Å². The van der Waals surface area contributed by atoms with Gasteiger partial charge in [0.25, 0.3) is 12.3 Å². The Kier molecular flexibility index (Phi) is 8.12. The molecule has 2 aromatic carbocycles. The number of aliphatic hydroxyl groups is 2. The Morgan fingerprint density at radius 1 is 1.10 bits per heavy atom. The van der Waals surface area contributed by atoms with Crippen LogP contribution in [0.3, 0.4) is 0 Å². The van der Waals surface area contributed by atoms with Gasteiger partial charge in [0, 0.05) is 29.1 Å². The molecule has 0 radical (unpaired) electrons. The van der Waals surface area contributed by atoms with Crippen molar-refractivity contribution >= 4 is 33.0 Å². The van der Waals surface area contributed by atoms with E-state index in [-0.39, 0.29) is 45.6 Å². The molecular formula is C29H27ClF4N2O5S. The van der Waals surface area contributed by atoms with Gasteiger partial charge in [-0.1, -0.05) is 18.5 Å². The van der Waals surface area contributed by atoms with Gasteiger partial charge in [-0.05, 0) is 79.5 Å². The molecule has 3 N–H and O–H groups in total. The van der Waals surface area contributed by atoms with Gasteiger partial charge in [0.15, 0.2) is 21.5 Å². The predicted molar refractivity (Wildman–Crippen MR) is 146 cm³/mol. The lowest BCUT2D eigenvalue weighted by Crippen LogP contribution is -2.53. The number of hydrogen-bond donors (Lipinski definition) is 3. The van der Waals surface area contributed by atoms with Crippen LogP contribution in [0.1, 0.15) is 60.3 Å². The number of benzene rings is 2. The largest absolute Gasteiger partial charge is 0.386 e. The Morgan fingerprint density at radius 2 is 1.83 bits per heavy atom. The maximum absolute atomic E-state index is 13.9. The summed E-state index contributed by atoms with van der Waals surface area (Å²) in [5.74, 6) is -4.82. The molecule has 2 aliphatic carbocycles. The molecule has 1 aromatic heterocycles. The number of alkyl halides is 2. The van der Waals surface area contributed by atoms with Crippen molar-refractivity contribution in [3.63, 3.8) is 0 Å². The first-order valence-corrected chi connectivity index (χ1v) is 15.1. The van der Waals surface area contributed by atoms with Gasteiger partial charge >= 0.3 is 0 Å². The predicted octanol–water partition coefficient (Wildman–Crippen LogP) is 5.88. The fourth-order valence-electron chi connectivity index (χ4n) is 6.52. The van der Waals surface area contributed by atoms with Gasteiger partial charge in [-0.2, -0.15) is 0 Å². The van der Waals surface area contributed by atoms with Crippen LogP contribution in [0, 0.1) is 29.4 Å². The number of halogens is 5. The van der Waals surface area contributed by atoms with E-state index in [1.54, 1.807) is 6.92 Å². The van der Waals surface area contributed by atoms with Crippen molar-refractivity contribution in [2.24, 2.45) is 17.8 Å². The number of sulfone groups is 1. The Labute approximate surface area is 244 Å². The Balaban J connectivity index is 1.42. The normalized spacial score (nSPS) is 26.3. The zero-order valence-electron chi connectivity index (χ0n) is 22.1. The number of pyridine rings is 1. The summed E-state index contributed by atoms with van der Waals surface area (Å²) in [6.07, 6.45) is -3.29. The number of anilines is 1. The van der Waals surface area contributed by atoms with Gasteiger partial charge in [-0.3, -0.25) is 9.78 Å². The molecule has 5 rings (SSSR count). The van der Waals surface area contributed by atoms with E-state index >= 15 is 0 Å². The molecule has 13 heteroatoms. The lowest BCUT2D eigenvalue weighted by molar-refractivity contribution is -0.150. The number of fused-ring (bicyclic) bond motifs is 2. The monoisotopic (exact) mass is 626 g/mol. The zero-order valence-corrected chi connectivity index (χ0v) is 23.7. The van der Waals surface area contributed by atoms with Gasteiger partial charge in [-0.25, -0.2) is 26.0 Å². The van der Waals surface area contributed by atoms with Gasteiger partial charge in [0.2, 0.25) is 0 Å². The summed E-state index contributed by atoms with van der Waals surface area (Å²) in [6.45, 7) is 1.81. The van der Waals surface area contributed by atoms with Crippen molar-refractivity contribution < 1.29 is 41.0 Å². The number of rotatable bonds is 7. The summed E-state index contributed by atoms with van der Waals surface area (Å²) in [4.78, 5) is 16.4. The molecule has 2 bridgehead atoms. The summed E-state index contributed by atoms with van der Waals surface area (Å²) in [5, 5.41) is 24.2. The van der Waals surface area contributed by atoms with Crippen molar-refractivity contribution in [2.75, 3.05) is 5.32 Å². The van der Waals surface area contributed by atoms with Crippen molar-refractivity contribution in [1.29, 1.82) is 0 Å². The second-order valence-electron chi connectivity index (χ2n) is 11.0. The molecule has 0 saturated heterocycles. The second kappa shape index (κ2) is 11.2. The maximum atomic E-state index is 13.9. The minimum atomic E-state index is -4.20. The lowest BCUT2D eigenvalue weighted by Gasteiger charge is -2.45. The molecule has 1 heterocycles. The number of amides is 1. The van der Waals surface area contributed by atoms with Crippen LogP contribution in [0.4, 0.5) is 23.2 Å². The second-order valence-corrected chi connectivity index (χ2v) is 13.6. The summed E-state index contributed by atoms with van der Waals surface area (Å²) in [6, 6.07) is 8.81. The summed E-state index contributed by atoms with van der Waals surface area (Å²) in [5.41, 5.74) is -2.89. The molecule has 2 fully saturated rings. The third-order valence-corrected chi connectivity index (χ3v) is 11.2. The third kappa shape index (κ3) is 5.18. The highest BCUT2D eigenvalue weighted by atomic mass is 35.5. The molecule has 7 nitrogen and oxygen atoms in total. The molecule has 224 valence electrons. The van der Waals surface area contributed by atoms with Gasteiger partial charge < -0.3 is 15.5 Å². The molecule has 42 heavy (non-hydrogen) atoms. The van der Waals surface area contributed by atoms with Crippen LogP contribution >= 0.6 is 11.6 Å². The first kappa shape index (κ1) is 30.4. The molecule has 2 saturated carbocycles. The van der Waals surface area contributed by atoms with Crippen LogP contribution in [0.2, 0.25) is 5.02 Å². The number of carbonyl (C=O) groups is 1. The van der Waals surface area contributed by atoms with E-state index in [4.69, 9.17) is 11.6 Å². The molecule has 3 aromatic rings. The fourth-order valence-corrected chi connectivity index (χ4v) is 8.90. The number of nitrogens with one attached hydrogen (secondary N) is 1. The zero-order chi connectivity index (χ0) is 30.6. The van der Waals surface area contributed by atoms with Crippen LogP contribution in [0.5, 0.6) is 0 Å². The highest BCUT2D eigenvalue weighted by Crippen LogP contribution is 2.59. The van der Waals surface area contributed by atoms with E-state index < -0.39 is 68.2 Å². The SMILES string of the molecule is C[C@H]1CC2CC(S(=O)(=O)c3cc(C(=O)Nc4ccc(F)c(F)c4)ccc3Cl)CC1[C@@]2(O)C(O)c1ncccc1C(F)F. The number of aliphatic hydroxyl groups excluding tert-OH is 1. The average Bonchev–Trinajstić information content (AvgIpc) is 3.07. The molecule has 6 atom stereocenters. The van der Waals surface area contributed by atoms with E-state index in [0.717, 1.165) is 30.3 Å². The van der Waals surface area contributed by atoms with Gasteiger partial charge in [0.05, 0.1) is 20.9 Å². The van der Waals surface area contributed by atoms with Crippen molar-refractivity contribution in [3.8, 4) is 0 Å². The van der Waals surface area contributed by atoms with Gasteiger partial charge in [0.1, 0.15) is 11.7 Å². The highest BCUT2D eigenvalue weighted by Gasteiger charge is 2.62. The van der Waals surface area contributed by atoms with Crippen LogP contribution < -0.4 is 5.32 Å². The Bertz CT molecular complexity index is 1640. The molecule has 4 unspecified atom stereocenters. The molecule has 2 aliphatic rings. The Morgan fingerprint density at radius 3 is 2.50 bits per heavy atom. The number of hydrogen-bond acceptors (Lipinski definition) is 6. The molecular weight excluding hydrogens is 600 g/mol. The van der Waals surface area contributed by atoms with Crippen LogP contribution in [0.25, 0.3) is 0 Å². The first-order chi connectivity index (χ1) is 19.7. The van der Waals surface area contributed by atoms with Crippen LogP contribution in [-0.2, 0) is 9.84 Å². The van der Waals surface area contributed by atoms with Crippen LogP contribution in [-0.4, -0.2) is 40.4 Å².